The number of hydrogen-bond donors (Lipinski definition) is 2. The van der Waals surface area contributed by atoms with Crippen LogP contribution in [0.1, 0.15) is 30.8 Å². The first-order valence-electron chi connectivity index (χ1n) is 4.72. The average Bonchev–Trinajstić information content (AvgIpc) is 2.56. The minimum atomic E-state index is -1.13. The summed E-state index contributed by atoms with van der Waals surface area (Å²) < 4.78 is 6.76. The highest BCUT2D eigenvalue weighted by atomic mass is 16.5. The summed E-state index contributed by atoms with van der Waals surface area (Å²) in [7, 11) is 0. The molecule has 0 saturated heterocycles. The molecule has 0 aliphatic heterocycles. The van der Waals surface area contributed by atoms with E-state index in [1.54, 1.807) is 0 Å². The number of nitrogen functional groups attached to an aromatic ring is 1. The quantitative estimate of drug-likeness (QED) is 0.759. The van der Waals surface area contributed by atoms with Gasteiger partial charge in [-0.15, -0.1) is 0 Å². The van der Waals surface area contributed by atoms with Gasteiger partial charge in [0, 0.05) is 0 Å². The monoisotopic (exact) mass is 213 g/mol. The van der Waals surface area contributed by atoms with Crippen LogP contribution in [0.5, 0.6) is 0 Å². The molecule has 0 aromatic carbocycles. The van der Waals surface area contributed by atoms with E-state index in [4.69, 9.17) is 15.6 Å². The molecule has 0 saturated carbocycles. The fourth-order valence-electron chi connectivity index (χ4n) is 0.991. The zero-order valence-corrected chi connectivity index (χ0v) is 8.80. The SMILES string of the molecule is CCC(C)OCn1cc(N)c(C(=O)O)n1. The third kappa shape index (κ3) is 2.95. The van der Waals surface area contributed by atoms with E-state index in [-0.39, 0.29) is 24.2 Å². The summed E-state index contributed by atoms with van der Waals surface area (Å²) in [6.45, 7) is 4.16. The van der Waals surface area contributed by atoms with Crippen molar-refractivity contribution in [3.8, 4) is 0 Å². The van der Waals surface area contributed by atoms with Crippen molar-refractivity contribution >= 4 is 11.7 Å². The Morgan fingerprint density at radius 1 is 1.80 bits per heavy atom. The summed E-state index contributed by atoms with van der Waals surface area (Å²) in [4.78, 5) is 10.6. The Morgan fingerprint density at radius 2 is 2.47 bits per heavy atom. The predicted octanol–water partition coefficient (Wildman–Crippen LogP) is 0.936. The summed E-state index contributed by atoms with van der Waals surface area (Å²) in [6, 6.07) is 0. The number of nitrogens with zero attached hydrogens (tertiary/aromatic N) is 2. The summed E-state index contributed by atoms with van der Waals surface area (Å²) in [5.74, 6) is -1.13. The molecule has 1 aromatic heterocycles. The fourth-order valence-corrected chi connectivity index (χ4v) is 0.991. The van der Waals surface area contributed by atoms with Crippen LogP contribution < -0.4 is 5.73 Å². The van der Waals surface area contributed by atoms with Crippen molar-refractivity contribution in [2.45, 2.75) is 33.1 Å². The zero-order valence-electron chi connectivity index (χ0n) is 8.80. The molecule has 1 rings (SSSR count). The van der Waals surface area contributed by atoms with Gasteiger partial charge in [0.05, 0.1) is 18.0 Å². The Balaban J connectivity index is 2.63. The van der Waals surface area contributed by atoms with Crippen LogP contribution in [-0.2, 0) is 11.5 Å². The standard InChI is InChI=1S/C9H15N3O3/c1-3-6(2)15-5-12-4-7(10)8(11-12)9(13)14/h4,6H,3,5,10H2,1-2H3,(H,13,14). The average molecular weight is 213 g/mol. The smallest absolute Gasteiger partial charge is 0.358 e. The lowest BCUT2D eigenvalue weighted by Gasteiger charge is -2.09. The van der Waals surface area contributed by atoms with Gasteiger partial charge < -0.3 is 15.6 Å². The normalized spacial score (nSPS) is 12.7. The second kappa shape index (κ2) is 4.79. The van der Waals surface area contributed by atoms with Gasteiger partial charge in [0.1, 0.15) is 6.73 Å². The molecule has 6 heteroatoms. The Morgan fingerprint density at radius 3 is 2.93 bits per heavy atom. The molecule has 0 radical (unpaired) electrons. The van der Waals surface area contributed by atoms with Crippen molar-refractivity contribution < 1.29 is 14.6 Å². The maximum Gasteiger partial charge on any atom is 0.358 e. The van der Waals surface area contributed by atoms with Gasteiger partial charge in [-0.1, -0.05) is 6.92 Å². The second-order valence-electron chi connectivity index (χ2n) is 3.29. The predicted molar refractivity (Wildman–Crippen MR) is 54.4 cm³/mol. The van der Waals surface area contributed by atoms with Crippen molar-refractivity contribution in [2.24, 2.45) is 0 Å². The molecule has 1 heterocycles. The van der Waals surface area contributed by atoms with E-state index in [0.717, 1.165) is 6.42 Å². The Bertz CT molecular complexity index is 348. The second-order valence-corrected chi connectivity index (χ2v) is 3.29. The molecule has 1 atom stereocenters. The molecular weight excluding hydrogens is 198 g/mol. The molecule has 1 aromatic rings. The van der Waals surface area contributed by atoms with Crippen LogP contribution in [0.2, 0.25) is 0 Å². The number of aromatic nitrogens is 2. The maximum atomic E-state index is 10.6. The lowest BCUT2D eigenvalue weighted by molar-refractivity contribution is 0.00963. The highest BCUT2D eigenvalue weighted by molar-refractivity contribution is 5.90. The number of rotatable bonds is 5. The lowest BCUT2D eigenvalue weighted by atomic mass is 10.3. The van der Waals surface area contributed by atoms with E-state index in [0.29, 0.717) is 0 Å². The number of aromatic carboxylic acids is 1. The van der Waals surface area contributed by atoms with Gasteiger partial charge in [0.2, 0.25) is 0 Å². The van der Waals surface area contributed by atoms with E-state index in [9.17, 15) is 4.79 Å². The zero-order chi connectivity index (χ0) is 11.4. The van der Waals surface area contributed by atoms with E-state index in [2.05, 4.69) is 5.10 Å². The minimum Gasteiger partial charge on any atom is -0.476 e. The Hall–Kier alpha value is -1.56. The molecule has 0 aliphatic carbocycles. The van der Waals surface area contributed by atoms with Gasteiger partial charge in [0.25, 0.3) is 0 Å². The van der Waals surface area contributed by atoms with Crippen molar-refractivity contribution in [1.29, 1.82) is 0 Å². The highest BCUT2D eigenvalue weighted by Crippen LogP contribution is 2.09. The molecule has 0 amide bonds. The summed E-state index contributed by atoms with van der Waals surface area (Å²) in [5, 5.41) is 12.5. The van der Waals surface area contributed by atoms with Gasteiger partial charge in [-0.2, -0.15) is 5.10 Å². The van der Waals surface area contributed by atoms with Crippen LogP contribution in [0.4, 0.5) is 5.69 Å². The molecule has 3 N–H and O–H groups in total. The van der Waals surface area contributed by atoms with Crippen LogP contribution in [0, 0.1) is 0 Å². The van der Waals surface area contributed by atoms with Crippen molar-refractivity contribution in [3.05, 3.63) is 11.9 Å². The molecular formula is C9H15N3O3. The van der Waals surface area contributed by atoms with Crippen molar-refractivity contribution in [2.75, 3.05) is 5.73 Å². The maximum absolute atomic E-state index is 10.6. The van der Waals surface area contributed by atoms with Crippen LogP contribution in [0.25, 0.3) is 0 Å². The number of anilines is 1. The first kappa shape index (κ1) is 11.5. The first-order valence-corrected chi connectivity index (χ1v) is 4.72. The van der Waals surface area contributed by atoms with Crippen molar-refractivity contribution in [1.82, 2.24) is 9.78 Å². The first-order chi connectivity index (χ1) is 7.04. The van der Waals surface area contributed by atoms with E-state index >= 15 is 0 Å². The Kier molecular flexibility index (Phi) is 3.68. The third-order valence-electron chi connectivity index (χ3n) is 2.06. The van der Waals surface area contributed by atoms with Crippen LogP contribution >= 0.6 is 0 Å². The minimum absolute atomic E-state index is 0.115. The number of nitrogens with two attached hydrogens (primary N) is 1. The number of hydrogen-bond acceptors (Lipinski definition) is 4. The van der Waals surface area contributed by atoms with E-state index in [1.807, 2.05) is 13.8 Å². The topological polar surface area (TPSA) is 90.4 Å². The van der Waals surface area contributed by atoms with Gasteiger partial charge in [-0.05, 0) is 13.3 Å². The molecule has 6 nitrogen and oxygen atoms in total. The molecule has 0 aliphatic rings. The number of carboxylic acids is 1. The van der Waals surface area contributed by atoms with Crippen LogP contribution in [0.15, 0.2) is 6.20 Å². The van der Waals surface area contributed by atoms with Gasteiger partial charge in [-0.25, -0.2) is 9.48 Å². The highest BCUT2D eigenvalue weighted by Gasteiger charge is 2.13. The molecule has 0 bridgehead atoms. The summed E-state index contributed by atoms with van der Waals surface area (Å²) in [5.41, 5.74) is 5.47. The molecule has 15 heavy (non-hydrogen) atoms. The fraction of sp³-hybridized carbons (Fsp3) is 0.556. The molecule has 0 fully saturated rings. The molecule has 0 spiro atoms. The van der Waals surface area contributed by atoms with Gasteiger partial charge in [0.15, 0.2) is 5.69 Å². The van der Waals surface area contributed by atoms with Crippen molar-refractivity contribution in [3.63, 3.8) is 0 Å². The number of carbonyl (C=O) groups is 1. The summed E-state index contributed by atoms with van der Waals surface area (Å²) in [6.07, 6.45) is 2.46. The number of carboxylic acid groups (broad SMARTS) is 1. The van der Waals surface area contributed by atoms with Gasteiger partial charge in [-0.3, -0.25) is 0 Å². The van der Waals surface area contributed by atoms with Crippen LogP contribution in [-0.4, -0.2) is 27.0 Å². The lowest BCUT2D eigenvalue weighted by Crippen LogP contribution is -2.12. The summed E-state index contributed by atoms with van der Waals surface area (Å²) >= 11 is 0. The molecule has 1 unspecified atom stereocenters. The van der Waals surface area contributed by atoms with Gasteiger partial charge >= 0.3 is 5.97 Å². The molecule has 84 valence electrons. The largest absolute Gasteiger partial charge is 0.476 e. The third-order valence-corrected chi connectivity index (χ3v) is 2.06. The number of ether oxygens (including phenoxy) is 1. The Labute approximate surface area is 87.6 Å². The van der Waals surface area contributed by atoms with E-state index < -0.39 is 5.97 Å². The van der Waals surface area contributed by atoms with Crippen LogP contribution in [0.3, 0.4) is 0 Å². The van der Waals surface area contributed by atoms with E-state index in [1.165, 1.54) is 10.9 Å².